The van der Waals surface area contributed by atoms with Gasteiger partial charge < -0.3 is 30.6 Å². The number of nitrogens with one attached hydrogen (secondary N) is 4. The number of thiol groups is 1. The fraction of sp³-hybridized carbons (Fsp3) is 0.455. The number of aliphatic carboxylic acids is 2. The first-order valence-electron chi connectivity index (χ1n) is 15.3. The first-order chi connectivity index (χ1) is 21.4. The van der Waals surface area contributed by atoms with Crippen molar-refractivity contribution in [2.75, 3.05) is 11.5 Å². The normalized spacial score (nSPS) is 26.2. The molecule has 2 fully saturated rings. The summed E-state index contributed by atoms with van der Waals surface area (Å²) in [6, 6.07) is -0.0301. The third-order valence-corrected chi connectivity index (χ3v) is 10.4. The monoisotopic (exact) mass is 653 g/mol. The van der Waals surface area contributed by atoms with Crippen LogP contribution in [0, 0.1) is 31.6 Å². The molecule has 1 unspecified atom stereocenters. The number of hydrogen-bond acceptors (Lipinski definition) is 5. The van der Waals surface area contributed by atoms with Gasteiger partial charge in [-0.3, -0.25) is 14.4 Å². The average molecular weight is 654 g/mol. The number of thioether (sulfide) groups is 1. The fourth-order valence-corrected chi connectivity index (χ4v) is 7.51. The minimum Gasteiger partial charge on any atom is -0.481 e. The van der Waals surface area contributed by atoms with E-state index in [1.807, 2.05) is 32.9 Å². The lowest BCUT2D eigenvalue weighted by atomic mass is 9.91. The zero-order valence-corrected chi connectivity index (χ0v) is 27.6. The van der Waals surface area contributed by atoms with Gasteiger partial charge in [-0.05, 0) is 66.5 Å². The van der Waals surface area contributed by atoms with Gasteiger partial charge >= 0.3 is 17.8 Å². The quantitative estimate of drug-likeness (QED) is 0.135. The SMILES string of the molecule is Cc1c(/C=C2\NC(=O)[C@H](C)[C@H]2CCS)[nH]c(/C=c2\[nH]c(C[C@H]3[NH+]=C(O)/C(=C4\CS4)C3C)c(C)\c2=C/CC(=O)O)c1CCC(=O)O. The number of hydrogen-bond donors (Lipinski definition) is 8. The maximum atomic E-state index is 12.5. The van der Waals surface area contributed by atoms with Crippen molar-refractivity contribution in [2.45, 2.75) is 65.8 Å². The summed E-state index contributed by atoms with van der Waals surface area (Å²) in [6.07, 6.45) is 6.98. The maximum absolute atomic E-state index is 12.5. The molecular weight excluding hydrogens is 613 g/mol. The summed E-state index contributed by atoms with van der Waals surface area (Å²) in [5.74, 6) is -0.107. The smallest absolute Gasteiger partial charge is 0.363 e. The minimum absolute atomic E-state index is 0.0105. The Hall–Kier alpha value is -3.64. The summed E-state index contributed by atoms with van der Waals surface area (Å²) in [7, 11) is 0. The van der Waals surface area contributed by atoms with Crippen LogP contribution in [-0.4, -0.2) is 66.6 Å². The molecule has 240 valence electrons. The Morgan fingerprint density at radius 1 is 1.07 bits per heavy atom. The topological polar surface area (TPSA) is 169 Å². The number of H-pyrrole nitrogens is 2. The number of carboxylic acids is 2. The molecule has 5 rings (SSSR count). The van der Waals surface area contributed by atoms with E-state index >= 15 is 0 Å². The molecule has 12 heteroatoms. The lowest BCUT2D eigenvalue weighted by molar-refractivity contribution is -0.507. The first-order valence-corrected chi connectivity index (χ1v) is 16.9. The van der Waals surface area contributed by atoms with Crippen molar-refractivity contribution in [3.63, 3.8) is 0 Å². The van der Waals surface area contributed by atoms with Crippen molar-refractivity contribution in [1.82, 2.24) is 15.3 Å². The molecule has 45 heavy (non-hydrogen) atoms. The molecule has 4 atom stereocenters. The van der Waals surface area contributed by atoms with Gasteiger partial charge in [0.2, 0.25) is 5.91 Å². The molecule has 0 bridgehead atoms. The molecule has 3 aliphatic heterocycles. The summed E-state index contributed by atoms with van der Waals surface area (Å²) in [6.45, 7) is 7.91. The van der Waals surface area contributed by atoms with Crippen LogP contribution in [-0.2, 0) is 27.2 Å². The highest BCUT2D eigenvalue weighted by molar-refractivity contribution is 8.11. The van der Waals surface area contributed by atoms with E-state index in [4.69, 9.17) is 0 Å². The molecule has 0 aromatic carbocycles. The molecule has 0 spiro atoms. The number of carboxylic acid groups (broad SMARTS) is 2. The van der Waals surface area contributed by atoms with E-state index in [2.05, 4.69) is 39.8 Å². The first kappa shape index (κ1) is 32.7. The minimum atomic E-state index is -0.942. The van der Waals surface area contributed by atoms with Crippen LogP contribution in [0.25, 0.3) is 18.2 Å². The van der Waals surface area contributed by atoms with Gasteiger partial charge in [0.05, 0.1) is 24.3 Å². The fourth-order valence-electron chi connectivity index (χ4n) is 6.57. The van der Waals surface area contributed by atoms with E-state index in [1.54, 1.807) is 17.8 Å². The Morgan fingerprint density at radius 2 is 1.80 bits per heavy atom. The van der Waals surface area contributed by atoms with Gasteiger partial charge in [-0.2, -0.15) is 12.6 Å². The van der Waals surface area contributed by atoms with Crippen LogP contribution < -0.4 is 20.9 Å². The van der Waals surface area contributed by atoms with Crippen LogP contribution in [0.1, 0.15) is 66.9 Å². The van der Waals surface area contributed by atoms with Crippen molar-refractivity contribution in [3.05, 3.63) is 60.5 Å². The predicted octanol–water partition coefficient (Wildman–Crippen LogP) is 1.70. The molecule has 0 saturated carbocycles. The van der Waals surface area contributed by atoms with Crippen LogP contribution in [0.3, 0.4) is 0 Å². The number of amides is 1. The molecule has 0 radical (unpaired) electrons. The molecule has 3 aliphatic rings. The molecule has 0 aliphatic carbocycles. The number of carbonyl (C=O) groups is 3. The van der Waals surface area contributed by atoms with Crippen LogP contribution in [0.15, 0.2) is 16.2 Å². The third-order valence-electron chi connectivity index (χ3n) is 9.32. The highest BCUT2D eigenvalue weighted by Crippen LogP contribution is 2.42. The van der Waals surface area contributed by atoms with Gasteiger partial charge in [0.25, 0.3) is 0 Å². The van der Waals surface area contributed by atoms with Gasteiger partial charge in [-0.25, -0.2) is 4.99 Å². The number of aromatic nitrogens is 2. The van der Waals surface area contributed by atoms with Gasteiger partial charge in [0.15, 0.2) is 6.04 Å². The van der Waals surface area contributed by atoms with Crippen molar-refractivity contribution in [3.8, 4) is 0 Å². The molecular formula is C33H41N4O6S2+. The van der Waals surface area contributed by atoms with Gasteiger partial charge in [-0.15, -0.1) is 11.8 Å². The Labute approximate surface area is 271 Å². The summed E-state index contributed by atoms with van der Waals surface area (Å²) >= 11 is 6.13. The number of aliphatic hydroxyl groups is 1. The zero-order valence-electron chi connectivity index (χ0n) is 25.9. The van der Waals surface area contributed by atoms with Gasteiger partial charge in [0, 0.05) is 57.0 Å². The molecule has 1 amide bonds. The van der Waals surface area contributed by atoms with Crippen LogP contribution in [0.4, 0.5) is 0 Å². The maximum Gasteiger partial charge on any atom is 0.363 e. The number of aliphatic hydroxyl groups excluding tert-OH is 1. The summed E-state index contributed by atoms with van der Waals surface area (Å²) < 4.78 is 0. The largest absolute Gasteiger partial charge is 0.481 e. The van der Waals surface area contributed by atoms with E-state index in [-0.39, 0.29) is 48.4 Å². The van der Waals surface area contributed by atoms with E-state index in [9.17, 15) is 29.7 Å². The third kappa shape index (κ3) is 6.96. The molecule has 10 nitrogen and oxygen atoms in total. The highest BCUT2D eigenvalue weighted by Gasteiger charge is 2.42. The van der Waals surface area contributed by atoms with Gasteiger partial charge in [0.1, 0.15) is 0 Å². The van der Waals surface area contributed by atoms with Crippen LogP contribution in [0.5, 0.6) is 0 Å². The zero-order chi connectivity index (χ0) is 32.6. The number of carbonyl (C=O) groups excluding carboxylic acids is 1. The Kier molecular flexibility index (Phi) is 9.74. The summed E-state index contributed by atoms with van der Waals surface area (Å²) in [5.41, 5.74) is 6.88. The number of rotatable bonds is 11. The van der Waals surface area contributed by atoms with Crippen LogP contribution in [0.2, 0.25) is 0 Å². The van der Waals surface area contributed by atoms with Gasteiger partial charge in [-0.1, -0.05) is 19.9 Å². The second-order valence-corrected chi connectivity index (χ2v) is 13.7. The molecule has 2 saturated heterocycles. The molecule has 5 heterocycles. The second kappa shape index (κ2) is 13.4. The Bertz CT molecular complexity index is 1760. The predicted molar refractivity (Wildman–Crippen MR) is 179 cm³/mol. The number of aromatic amines is 2. The van der Waals surface area contributed by atoms with E-state index < -0.39 is 11.9 Å². The lowest BCUT2D eigenvalue weighted by Crippen LogP contribution is -2.77. The Morgan fingerprint density at radius 3 is 2.44 bits per heavy atom. The lowest BCUT2D eigenvalue weighted by Gasteiger charge is -2.12. The Balaban J connectivity index is 1.60. The number of allylic oxidation sites excluding steroid dienone is 1. The van der Waals surface area contributed by atoms with Crippen molar-refractivity contribution in [2.24, 2.45) is 17.8 Å². The average Bonchev–Trinajstić information content (AvgIpc) is 3.56. The van der Waals surface area contributed by atoms with E-state index in [0.717, 1.165) is 62.4 Å². The van der Waals surface area contributed by atoms with E-state index in [0.29, 0.717) is 23.9 Å². The van der Waals surface area contributed by atoms with Crippen LogP contribution >= 0.6 is 24.4 Å². The molecule has 2 aromatic rings. The summed E-state index contributed by atoms with van der Waals surface area (Å²) in [5, 5.41) is 34.0. The van der Waals surface area contributed by atoms with Crippen molar-refractivity contribution < 1.29 is 34.7 Å². The molecule has 7 N–H and O–H groups in total. The molecule has 2 aromatic heterocycles. The highest BCUT2D eigenvalue weighted by atomic mass is 32.2. The standard InChI is InChI=1S/C33H40N4O6S2/c1-15-19(5-7-29(38)39)25(34-22(15)11-24-18(4)31(28-14-45-28)33(43)36-24)13-26-20(6-8-30(40)41)16(2)23(35-26)12-27-21(9-10-44)17(3)32(42)37-27/h5,12-13,17-18,21,24,34-35,44H,6-11,14H2,1-4H3,(H,36,43)(H,37,42)(H,38,39)(H,40,41)/p+1/b19-5+,25-13-,27-12-,31-28+/t17-,18?,21-,24-/m1/s1. The van der Waals surface area contributed by atoms with Crippen molar-refractivity contribution >= 4 is 66.4 Å². The summed E-state index contributed by atoms with van der Waals surface area (Å²) in [4.78, 5) is 47.1. The van der Waals surface area contributed by atoms with Crippen molar-refractivity contribution in [1.29, 1.82) is 0 Å². The van der Waals surface area contributed by atoms with E-state index in [1.165, 1.54) is 4.91 Å². The second-order valence-electron chi connectivity index (χ2n) is 12.2.